The van der Waals surface area contributed by atoms with E-state index in [1.165, 1.54) is 16.9 Å². The molecule has 41 heavy (non-hydrogen) atoms. The smallest absolute Gasteiger partial charge is 0.342 e. The largest absolute Gasteiger partial charge is 0.507 e. The quantitative estimate of drug-likeness (QED) is 0.245. The average Bonchev–Trinajstić information content (AvgIpc) is 3.39. The van der Waals surface area contributed by atoms with Gasteiger partial charge in [0, 0.05) is 29.8 Å². The number of carbonyl (C=O) groups excluding carboxylic acids is 2. The summed E-state index contributed by atoms with van der Waals surface area (Å²) in [5, 5.41) is 21.1. The number of ether oxygens (including phenoxy) is 1. The molecule has 6 rings (SSSR count). The molecule has 2 amide bonds. The molecule has 1 aliphatic carbocycles. The molecule has 1 fully saturated rings. The molecule has 0 aliphatic heterocycles. The molecule has 10 heteroatoms. The Hall–Kier alpha value is -5.25. The van der Waals surface area contributed by atoms with E-state index < -0.39 is 5.91 Å². The van der Waals surface area contributed by atoms with E-state index in [0.717, 1.165) is 36.3 Å². The van der Waals surface area contributed by atoms with E-state index in [-0.39, 0.29) is 23.4 Å². The monoisotopic (exact) mass is 548 g/mol. The normalized spacial score (nSPS) is 13.0. The number of aromatic hydroxyl groups is 1. The highest BCUT2D eigenvalue weighted by Gasteiger charge is 2.27. The Balaban J connectivity index is 1.20. The number of nitrogens with one attached hydrogen (secondary N) is 2. The first-order valence-corrected chi connectivity index (χ1v) is 13.4. The zero-order valence-electron chi connectivity index (χ0n) is 22.4. The maximum atomic E-state index is 13.2. The number of benzene rings is 3. The molecule has 1 saturated carbocycles. The molecule has 0 radical (unpaired) electrons. The Morgan fingerprint density at radius 1 is 1.02 bits per heavy atom. The van der Waals surface area contributed by atoms with Gasteiger partial charge in [-0.1, -0.05) is 30.7 Å². The second-order valence-corrected chi connectivity index (χ2v) is 9.93. The summed E-state index contributed by atoms with van der Waals surface area (Å²) in [6.45, 7) is 0.337. The molecule has 0 atom stereocenters. The fourth-order valence-electron chi connectivity index (χ4n) is 4.77. The van der Waals surface area contributed by atoms with Crippen molar-refractivity contribution in [3.8, 4) is 22.8 Å². The van der Waals surface area contributed by atoms with Gasteiger partial charge < -0.3 is 20.5 Å². The number of rotatable bonds is 7. The number of hydrogen-bond donors (Lipinski definition) is 3. The van der Waals surface area contributed by atoms with Gasteiger partial charge in [0.25, 0.3) is 5.91 Å². The van der Waals surface area contributed by atoms with Crippen molar-refractivity contribution < 1.29 is 19.4 Å². The summed E-state index contributed by atoms with van der Waals surface area (Å²) in [7, 11) is 1.61. The van der Waals surface area contributed by atoms with Crippen molar-refractivity contribution >= 4 is 28.7 Å². The van der Waals surface area contributed by atoms with Crippen molar-refractivity contribution in [2.45, 2.75) is 31.7 Å². The number of phenols is 1. The molecule has 5 aromatic rings. The first-order chi connectivity index (χ1) is 20.0. The van der Waals surface area contributed by atoms with Crippen LogP contribution >= 0.6 is 0 Å². The maximum Gasteiger partial charge on any atom is 0.342 e. The molecule has 10 nitrogen and oxygen atoms in total. The molecule has 1 aliphatic rings. The van der Waals surface area contributed by atoms with Crippen molar-refractivity contribution in [2.75, 3.05) is 12.4 Å². The first kappa shape index (κ1) is 26.0. The summed E-state index contributed by atoms with van der Waals surface area (Å²) in [4.78, 5) is 34.6. The van der Waals surface area contributed by atoms with Gasteiger partial charge in [0.1, 0.15) is 17.2 Å². The molecular formula is C31H28N6O4. The Morgan fingerprint density at radius 3 is 2.51 bits per heavy atom. The average molecular weight is 549 g/mol. The van der Waals surface area contributed by atoms with Gasteiger partial charge in [-0.05, 0) is 60.9 Å². The second kappa shape index (κ2) is 11.1. The van der Waals surface area contributed by atoms with E-state index in [0.29, 0.717) is 34.5 Å². The molecule has 3 aromatic carbocycles. The number of phenolic OH excluding ortho intramolecular Hbond substituents is 1. The summed E-state index contributed by atoms with van der Waals surface area (Å²) in [5.74, 6) is 0.458. The summed E-state index contributed by atoms with van der Waals surface area (Å²) >= 11 is 0. The van der Waals surface area contributed by atoms with Crippen molar-refractivity contribution in [3.05, 3.63) is 95.9 Å². The Labute approximate surface area is 236 Å². The molecule has 206 valence electrons. The number of carbonyl (C=O) groups is 2. The summed E-state index contributed by atoms with van der Waals surface area (Å²) in [6.07, 6.45) is 4.47. The number of para-hydroxylation sites is 2. The van der Waals surface area contributed by atoms with Crippen LogP contribution < -0.4 is 15.4 Å². The van der Waals surface area contributed by atoms with E-state index in [2.05, 4.69) is 25.7 Å². The topological polar surface area (TPSA) is 131 Å². The van der Waals surface area contributed by atoms with E-state index in [9.17, 15) is 14.7 Å². The van der Waals surface area contributed by atoms with Gasteiger partial charge in [-0.25, -0.2) is 9.78 Å². The standard InChI is InChI=1S/C31H28N6O4/c1-41-22-12-9-19(10-13-22)17-33-31(40)37-28(20-5-4-6-20)16-26(36-37)23-14-11-21(15-29(23)38)34-30(39)27-18-32-24-7-2-3-8-25(24)35-27/h2-3,7-16,18,20,38H,4-6,17H2,1H3,(H,33,40)(H,34,39). The number of hydrogen-bond acceptors (Lipinski definition) is 7. The van der Waals surface area contributed by atoms with Crippen LogP contribution in [0.5, 0.6) is 11.5 Å². The van der Waals surface area contributed by atoms with E-state index in [4.69, 9.17) is 4.74 Å². The highest BCUT2D eigenvalue weighted by molar-refractivity contribution is 6.03. The Morgan fingerprint density at radius 2 is 1.80 bits per heavy atom. The van der Waals surface area contributed by atoms with Gasteiger partial charge in [-0.3, -0.25) is 9.78 Å². The van der Waals surface area contributed by atoms with Crippen molar-refractivity contribution in [3.63, 3.8) is 0 Å². The first-order valence-electron chi connectivity index (χ1n) is 13.4. The zero-order valence-corrected chi connectivity index (χ0v) is 22.4. The molecule has 3 N–H and O–H groups in total. The number of fused-ring (bicyclic) bond motifs is 1. The van der Waals surface area contributed by atoms with Gasteiger partial charge in [-0.15, -0.1) is 0 Å². The number of amides is 2. The van der Waals surface area contributed by atoms with E-state index >= 15 is 0 Å². The molecule has 0 bridgehead atoms. The van der Waals surface area contributed by atoms with Gasteiger partial charge in [0.05, 0.1) is 35.7 Å². The third-order valence-electron chi connectivity index (χ3n) is 7.27. The van der Waals surface area contributed by atoms with Crippen LogP contribution in [0.2, 0.25) is 0 Å². The van der Waals surface area contributed by atoms with Crippen LogP contribution in [0.3, 0.4) is 0 Å². The van der Waals surface area contributed by atoms with E-state index in [1.807, 2.05) is 48.5 Å². The molecule has 2 heterocycles. The van der Waals surface area contributed by atoms with Gasteiger partial charge in [0.15, 0.2) is 0 Å². The number of aromatic nitrogens is 4. The minimum atomic E-state index is -0.444. The fourth-order valence-corrected chi connectivity index (χ4v) is 4.77. The number of anilines is 1. The van der Waals surface area contributed by atoms with Crippen LogP contribution in [0.25, 0.3) is 22.3 Å². The summed E-state index contributed by atoms with van der Waals surface area (Å²) in [6, 6.07) is 21.1. The van der Waals surface area contributed by atoms with Crippen LogP contribution in [-0.4, -0.2) is 43.9 Å². The van der Waals surface area contributed by atoms with Gasteiger partial charge in [0.2, 0.25) is 0 Å². The minimum Gasteiger partial charge on any atom is -0.507 e. The lowest BCUT2D eigenvalue weighted by Gasteiger charge is -2.25. The summed E-state index contributed by atoms with van der Waals surface area (Å²) < 4.78 is 6.59. The third-order valence-corrected chi connectivity index (χ3v) is 7.27. The van der Waals surface area contributed by atoms with Crippen molar-refractivity contribution in [1.29, 1.82) is 0 Å². The predicted octanol–water partition coefficient (Wildman–Crippen LogP) is 5.49. The van der Waals surface area contributed by atoms with Crippen LogP contribution in [-0.2, 0) is 6.54 Å². The van der Waals surface area contributed by atoms with Crippen LogP contribution in [0.15, 0.2) is 79.0 Å². The maximum absolute atomic E-state index is 13.2. The molecule has 0 unspecified atom stereocenters. The predicted molar refractivity (Wildman–Crippen MR) is 154 cm³/mol. The molecule has 0 saturated heterocycles. The number of nitrogens with zero attached hydrogens (tertiary/aromatic N) is 4. The highest BCUT2D eigenvalue weighted by Crippen LogP contribution is 2.39. The fraction of sp³-hybridized carbons (Fsp3) is 0.194. The zero-order chi connectivity index (χ0) is 28.3. The number of methoxy groups -OCH3 is 1. The molecule has 2 aromatic heterocycles. The SMILES string of the molecule is COc1ccc(CNC(=O)n2nc(-c3ccc(NC(=O)c4cnc5ccccc5n4)cc3O)cc2C2CCC2)cc1. The van der Waals surface area contributed by atoms with Crippen molar-refractivity contribution in [1.82, 2.24) is 25.1 Å². The Bertz CT molecular complexity index is 1740. The molecular weight excluding hydrogens is 520 g/mol. The highest BCUT2D eigenvalue weighted by atomic mass is 16.5. The van der Waals surface area contributed by atoms with Crippen LogP contribution in [0.4, 0.5) is 10.5 Å². The lowest BCUT2D eigenvalue weighted by atomic mass is 9.82. The van der Waals surface area contributed by atoms with Gasteiger partial charge in [-0.2, -0.15) is 9.78 Å². The van der Waals surface area contributed by atoms with E-state index in [1.54, 1.807) is 25.3 Å². The summed E-state index contributed by atoms with van der Waals surface area (Å²) in [5.41, 5.74) is 4.54. The van der Waals surface area contributed by atoms with Crippen LogP contribution in [0, 0.1) is 0 Å². The Kier molecular flexibility index (Phi) is 7.03. The van der Waals surface area contributed by atoms with Crippen molar-refractivity contribution in [2.24, 2.45) is 0 Å². The van der Waals surface area contributed by atoms with Gasteiger partial charge >= 0.3 is 6.03 Å². The lowest BCUT2D eigenvalue weighted by Crippen LogP contribution is -2.31. The second-order valence-electron chi connectivity index (χ2n) is 9.93. The lowest BCUT2D eigenvalue weighted by molar-refractivity contribution is 0.102. The third kappa shape index (κ3) is 5.44. The minimum absolute atomic E-state index is 0.0733. The molecule has 0 spiro atoms. The van der Waals surface area contributed by atoms with Crippen LogP contribution in [0.1, 0.15) is 46.9 Å².